The first-order valence-electron chi connectivity index (χ1n) is 10.9. The molecule has 4 rings (SSSR count). The minimum atomic E-state index is -1.000. The van der Waals surface area contributed by atoms with Crippen LogP contribution in [-0.4, -0.2) is 39.8 Å². The minimum Gasteiger partial charge on any atom is -0.393 e. The maximum atomic E-state index is 13.6. The molecule has 4 aliphatic carbocycles. The van der Waals surface area contributed by atoms with E-state index in [1.54, 1.807) is 0 Å². The summed E-state index contributed by atoms with van der Waals surface area (Å²) >= 11 is 0. The number of fused-ring (bicyclic) bond motifs is 4. The first-order chi connectivity index (χ1) is 13.2. The van der Waals surface area contributed by atoms with Gasteiger partial charge >= 0.3 is 0 Å². The standard InChI is InChI=1S/C24H34O5/c1-12(25)13-9-18(29)24(6)20-14(26)10-16-21(2,3)17(28)7-8-22(16,4)19(20)15(27)11-23(13,24)5/h13-14,16-17,26,28H,7-11H2,1-6H3/t13?,14?,16?,17?,22-,23+,24?/m0/s1. The SMILES string of the molecule is CC(=O)C1CC(=O)C2(C)C3=C(C(=O)C[C@]12C)[C@@]1(C)CCC(O)C(C)(C)C1CC3O. The van der Waals surface area contributed by atoms with E-state index >= 15 is 0 Å². The molecule has 0 aromatic carbocycles. The first-order valence-corrected chi connectivity index (χ1v) is 10.9. The highest BCUT2D eigenvalue weighted by Gasteiger charge is 2.70. The van der Waals surface area contributed by atoms with E-state index in [0.717, 1.165) is 0 Å². The summed E-state index contributed by atoms with van der Waals surface area (Å²) in [6, 6.07) is 0. The van der Waals surface area contributed by atoms with Crippen LogP contribution in [0, 0.1) is 33.5 Å². The van der Waals surface area contributed by atoms with Crippen molar-refractivity contribution in [1.29, 1.82) is 0 Å². The summed E-state index contributed by atoms with van der Waals surface area (Å²) in [4.78, 5) is 39.4. The van der Waals surface area contributed by atoms with Gasteiger partial charge in [0.15, 0.2) is 5.78 Å². The number of allylic oxidation sites excluding steroid dienone is 1. The highest BCUT2D eigenvalue weighted by Crippen LogP contribution is 2.69. The summed E-state index contributed by atoms with van der Waals surface area (Å²) in [6.07, 6.45) is 0.603. The molecule has 5 heteroatoms. The Hall–Kier alpha value is -1.33. The summed E-state index contributed by atoms with van der Waals surface area (Å²) in [5, 5.41) is 22.0. The number of hydrogen-bond donors (Lipinski definition) is 2. The highest BCUT2D eigenvalue weighted by atomic mass is 16.3. The van der Waals surface area contributed by atoms with E-state index in [9.17, 15) is 24.6 Å². The molecule has 2 N–H and O–H groups in total. The number of carbonyl (C=O) groups excluding carboxylic acids is 3. The zero-order chi connectivity index (χ0) is 21.7. The lowest BCUT2D eigenvalue weighted by molar-refractivity contribution is -0.142. The van der Waals surface area contributed by atoms with Crippen LogP contribution in [0.4, 0.5) is 0 Å². The van der Waals surface area contributed by atoms with Gasteiger partial charge in [0.25, 0.3) is 0 Å². The van der Waals surface area contributed by atoms with E-state index in [1.807, 2.05) is 27.7 Å². The Kier molecular flexibility index (Phi) is 4.24. The zero-order valence-electron chi connectivity index (χ0n) is 18.5. The number of rotatable bonds is 1. The van der Waals surface area contributed by atoms with Crippen molar-refractivity contribution in [3.8, 4) is 0 Å². The molecule has 29 heavy (non-hydrogen) atoms. The molecule has 0 aliphatic heterocycles. The molecule has 160 valence electrons. The fourth-order valence-electron chi connectivity index (χ4n) is 7.82. The lowest BCUT2D eigenvalue weighted by Gasteiger charge is -2.61. The Morgan fingerprint density at radius 1 is 1.07 bits per heavy atom. The Balaban J connectivity index is 1.97. The van der Waals surface area contributed by atoms with Crippen molar-refractivity contribution in [3.05, 3.63) is 11.1 Å². The lowest BCUT2D eigenvalue weighted by atomic mass is 9.42. The molecule has 2 saturated carbocycles. The van der Waals surface area contributed by atoms with E-state index in [1.165, 1.54) is 6.92 Å². The van der Waals surface area contributed by atoms with Crippen LogP contribution in [0.25, 0.3) is 0 Å². The van der Waals surface area contributed by atoms with E-state index in [-0.39, 0.29) is 36.1 Å². The summed E-state index contributed by atoms with van der Waals surface area (Å²) in [5.41, 5.74) is -1.50. The van der Waals surface area contributed by atoms with Crippen LogP contribution in [0.5, 0.6) is 0 Å². The normalized spacial score (nSPS) is 48.8. The molecule has 7 atom stereocenters. The van der Waals surface area contributed by atoms with E-state index in [2.05, 4.69) is 6.92 Å². The molecule has 0 radical (unpaired) electrons. The van der Waals surface area contributed by atoms with E-state index in [0.29, 0.717) is 30.4 Å². The topological polar surface area (TPSA) is 91.7 Å². The number of carbonyl (C=O) groups is 3. The van der Waals surface area contributed by atoms with Gasteiger partial charge in [-0.25, -0.2) is 0 Å². The van der Waals surface area contributed by atoms with Crippen molar-refractivity contribution in [1.82, 2.24) is 0 Å². The van der Waals surface area contributed by atoms with Gasteiger partial charge in [-0.15, -0.1) is 0 Å². The van der Waals surface area contributed by atoms with Gasteiger partial charge in [0, 0.05) is 29.7 Å². The van der Waals surface area contributed by atoms with Gasteiger partial charge in [-0.05, 0) is 55.4 Å². The summed E-state index contributed by atoms with van der Waals surface area (Å²) in [5.74, 6) is -0.654. The second kappa shape index (κ2) is 5.88. The first kappa shape index (κ1) is 20.9. The average Bonchev–Trinajstić information content (AvgIpc) is 2.81. The molecule has 0 heterocycles. The van der Waals surface area contributed by atoms with Gasteiger partial charge in [0.05, 0.1) is 17.6 Å². The lowest BCUT2D eigenvalue weighted by Crippen LogP contribution is -2.60. The van der Waals surface area contributed by atoms with Crippen molar-refractivity contribution in [3.63, 3.8) is 0 Å². The largest absolute Gasteiger partial charge is 0.393 e. The number of aliphatic hydroxyl groups excluding tert-OH is 2. The van der Waals surface area contributed by atoms with Gasteiger partial charge in [-0.3, -0.25) is 14.4 Å². The molecule has 2 fully saturated rings. The third-order valence-corrected chi connectivity index (χ3v) is 9.79. The monoisotopic (exact) mass is 402 g/mol. The molecule has 5 unspecified atom stereocenters. The predicted molar refractivity (Wildman–Crippen MR) is 108 cm³/mol. The summed E-state index contributed by atoms with van der Waals surface area (Å²) in [6.45, 7) is 11.4. The smallest absolute Gasteiger partial charge is 0.160 e. The van der Waals surface area contributed by atoms with Crippen LogP contribution in [0.15, 0.2) is 11.1 Å². The van der Waals surface area contributed by atoms with Crippen molar-refractivity contribution in [2.45, 2.75) is 85.9 Å². The Bertz CT molecular complexity index is 853. The van der Waals surface area contributed by atoms with Crippen molar-refractivity contribution >= 4 is 17.3 Å². The molecule has 0 saturated heterocycles. The van der Waals surface area contributed by atoms with Gasteiger partial charge in [0.1, 0.15) is 11.6 Å². The molecular weight excluding hydrogens is 368 g/mol. The van der Waals surface area contributed by atoms with Gasteiger partial charge < -0.3 is 10.2 Å². The van der Waals surface area contributed by atoms with Crippen molar-refractivity contribution < 1.29 is 24.6 Å². The van der Waals surface area contributed by atoms with Gasteiger partial charge in [-0.1, -0.05) is 27.7 Å². The number of aliphatic hydroxyl groups is 2. The number of hydrogen-bond acceptors (Lipinski definition) is 5. The maximum absolute atomic E-state index is 13.6. The third kappa shape index (κ3) is 2.26. The van der Waals surface area contributed by atoms with Crippen LogP contribution >= 0.6 is 0 Å². The van der Waals surface area contributed by atoms with E-state index < -0.39 is 39.8 Å². The second-order valence-electron chi connectivity index (χ2n) is 11.3. The minimum absolute atomic E-state index is 0.0284. The van der Waals surface area contributed by atoms with Crippen LogP contribution < -0.4 is 0 Å². The van der Waals surface area contributed by atoms with Gasteiger partial charge in [-0.2, -0.15) is 0 Å². The summed E-state index contributed by atoms with van der Waals surface area (Å²) in [7, 11) is 0. The molecule has 0 bridgehead atoms. The highest BCUT2D eigenvalue weighted by molar-refractivity contribution is 6.07. The van der Waals surface area contributed by atoms with Crippen molar-refractivity contribution in [2.24, 2.45) is 33.5 Å². The van der Waals surface area contributed by atoms with Crippen LogP contribution in [0.3, 0.4) is 0 Å². The molecule has 0 aromatic heterocycles. The third-order valence-electron chi connectivity index (χ3n) is 9.79. The number of Topliss-reactive ketones (excluding diaryl/α,β-unsaturated/α-hetero) is 3. The maximum Gasteiger partial charge on any atom is 0.160 e. The van der Waals surface area contributed by atoms with Crippen molar-refractivity contribution in [2.75, 3.05) is 0 Å². The predicted octanol–water partition coefficient (Wildman–Crippen LogP) is 3.01. The Labute approximate surface area is 172 Å². The molecular formula is C24H34O5. The zero-order valence-corrected chi connectivity index (χ0v) is 18.5. The van der Waals surface area contributed by atoms with E-state index in [4.69, 9.17) is 0 Å². The average molecular weight is 403 g/mol. The molecule has 4 aliphatic rings. The van der Waals surface area contributed by atoms with Crippen LogP contribution in [0.2, 0.25) is 0 Å². The fourth-order valence-corrected chi connectivity index (χ4v) is 7.82. The number of ketones is 3. The molecule has 0 amide bonds. The Morgan fingerprint density at radius 2 is 1.69 bits per heavy atom. The quantitative estimate of drug-likeness (QED) is 0.703. The van der Waals surface area contributed by atoms with Crippen LogP contribution in [-0.2, 0) is 14.4 Å². The molecule has 0 aromatic rings. The Morgan fingerprint density at radius 3 is 2.28 bits per heavy atom. The fraction of sp³-hybridized carbons (Fsp3) is 0.792. The molecule has 0 spiro atoms. The summed E-state index contributed by atoms with van der Waals surface area (Å²) < 4.78 is 0. The van der Waals surface area contributed by atoms with Crippen LogP contribution in [0.1, 0.15) is 73.6 Å². The second-order valence-corrected chi connectivity index (χ2v) is 11.3. The van der Waals surface area contributed by atoms with Gasteiger partial charge in [0.2, 0.25) is 0 Å². The molecule has 5 nitrogen and oxygen atoms in total.